The highest BCUT2D eigenvalue weighted by Gasteiger charge is 2.81. The van der Waals surface area contributed by atoms with E-state index in [4.69, 9.17) is 4.74 Å². The summed E-state index contributed by atoms with van der Waals surface area (Å²) >= 11 is 0. The quantitative estimate of drug-likeness (QED) is 0.618. The Morgan fingerprint density at radius 2 is 1.89 bits per heavy atom. The van der Waals surface area contributed by atoms with Crippen molar-refractivity contribution in [1.29, 1.82) is 0 Å². The van der Waals surface area contributed by atoms with Crippen LogP contribution in [0.3, 0.4) is 0 Å². The van der Waals surface area contributed by atoms with Gasteiger partial charge in [0, 0.05) is 11.8 Å². The molecule has 0 N–H and O–H groups in total. The van der Waals surface area contributed by atoms with Crippen molar-refractivity contribution in [3.8, 4) is 0 Å². The van der Waals surface area contributed by atoms with E-state index < -0.39 is 6.10 Å². The van der Waals surface area contributed by atoms with E-state index in [2.05, 4.69) is 20.8 Å². The van der Waals surface area contributed by atoms with E-state index in [1.807, 2.05) is 0 Å². The smallest absolute Gasteiger partial charge is 0.310 e. The van der Waals surface area contributed by atoms with Crippen LogP contribution in [0.25, 0.3) is 0 Å². The van der Waals surface area contributed by atoms with Crippen LogP contribution in [0.5, 0.6) is 0 Å². The van der Waals surface area contributed by atoms with Crippen LogP contribution < -0.4 is 0 Å². The van der Waals surface area contributed by atoms with Crippen molar-refractivity contribution < 1.29 is 14.3 Å². The predicted octanol–water partition coefficient (Wildman–Crippen LogP) is 2.33. The van der Waals surface area contributed by atoms with E-state index in [1.165, 1.54) is 0 Å². The summed E-state index contributed by atoms with van der Waals surface area (Å²) in [6.45, 7) is 6.85. The van der Waals surface area contributed by atoms with Crippen molar-refractivity contribution >= 4 is 11.8 Å². The van der Waals surface area contributed by atoms with Crippen LogP contribution in [0.1, 0.15) is 46.5 Å². The standard InChI is InChI=1S/C15H20O3/c1-13(2)7-14(3)6-9(16)11-15(14)8(12(17)18-11)4-5-10(13)15/h8,10-11H,4-7H2,1-3H3/t8-,10-,11?,14-,15-/m0/s1. The second kappa shape index (κ2) is 2.68. The van der Waals surface area contributed by atoms with Gasteiger partial charge in [0.05, 0.1) is 5.92 Å². The molecule has 3 aliphatic carbocycles. The first kappa shape index (κ1) is 11.0. The van der Waals surface area contributed by atoms with Gasteiger partial charge in [0.1, 0.15) is 0 Å². The maximum absolute atomic E-state index is 12.3. The van der Waals surface area contributed by atoms with Crippen LogP contribution in [0, 0.1) is 28.1 Å². The summed E-state index contributed by atoms with van der Waals surface area (Å²) in [7, 11) is 0. The van der Waals surface area contributed by atoms with Gasteiger partial charge in [-0.1, -0.05) is 20.8 Å². The van der Waals surface area contributed by atoms with Crippen molar-refractivity contribution in [1.82, 2.24) is 0 Å². The monoisotopic (exact) mass is 248 g/mol. The van der Waals surface area contributed by atoms with Crippen LogP contribution in [-0.4, -0.2) is 17.9 Å². The molecule has 1 aliphatic heterocycles. The van der Waals surface area contributed by atoms with Gasteiger partial charge in [0.2, 0.25) is 0 Å². The van der Waals surface area contributed by atoms with Crippen molar-refractivity contribution in [3.05, 3.63) is 0 Å². The zero-order chi connectivity index (χ0) is 12.9. The lowest BCUT2D eigenvalue weighted by Crippen LogP contribution is -2.43. The number of rotatable bonds is 0. The molecule has 18 heavy (non-hydrogen) atoms. The molecule has 3 heteroatoms. The highest BCUT2D eigenvalue weighted by molar-refractivity contribution is 5.95. The first-order valence-electron chi connectivity index (χ1n) is 7.06. The normalized spacial score (nSPS) is 55.6. The fraction of sp³-hybridized carbons (Fsp3) is 0.867. The third kappa shape index (κ3) is 0.837. The van der Waals surface area contributed by atoms with Gasteiger partial charge in [0.15, 0.2) is 11.9 Å². The molecule has 0 aromatic heterocycles. The van der Waals surface area contributed by atoms with Gasteiger partial charge in [-0.3, -0.25) is 9.59 Å². The number of hydrogen-bond donors (Lipinski definition) is 0. The molecule has 0 bridgehead atoms. The van der Waals surface area contributed by atoms with E-state index in [9.17, 15) is 9.59 Å². The molecule has 5 atom stereocenters. The Kier molecular flexibility index (Phi) is 1.64. The van der Waals surface area contributed by atoms with Crippen LogP contribution in [0.4, 0.5) is 0 Å². The van der Waals surface area contributed by atoms with Gasteiger partial charge in [-0.25, -0.2) is 0 Å². The molecule has 1 unspecified atom stereocenters. The molecule has 3 nitrogen and oxygen atoms in total. The summed E-state index contributed by atoms with van der Waals surface area (Å²) < 4.78 is 5.51. The second-order valence-electron chi connectivity index (χ2n) is 7.80. The minimum absolute atomic E-state index is 0.00859. The summed E-state index contributed by atoms with van der Waals surface area (Å²) in [6.07, 6.45) is 3.26. The summed E-state index contributed by atoms with van der Waals surface area (Å²) in [5, 5.41) is 0. The van der Waals surface area contributed by atoms with Crippen LogP contribution >= 0.6 is 0 Å². The molecule has 0 radical (unpaired) electrons. The fourth-order valence-electron chi connectivity index (χ4n) is 6.53. The number of Topliss-reactive ketones (excluding diaryl/α,β-unsaturated/α-hetero) is 1. The molecule has 4 fully saturated rings. The molecule has 0 aromatic carbocycles. The van der Waals surface area contributed by atoms with E-state index in [1.54, 1.807) is 0 Å². The Hall–Kier alpha value is -0.860. The van der Waals surface area contributed by atoms with Crippen molar-refractivity contribution in [3.63, 3.8) is 0 Å². The van der Waals surface area contributed by atoms with E-state index >= 15 is 0 Å². The summed E-state index contributed by atoms with van der Waals surface area (Å²) in [5.41, 5.74) is 0.0529. The molecule has 1 spiro atoms. The number of hydrogen-bond acceptors (Lipinski definition) is 3. The first-order valence-corrected chi connectivity index (χ1v) is 7.06. The summed E-state index contributed by atoms with van der Waals surface area (Å²) in [5.74, 6) is 0.545. The first-order chi connectivity index (χ1) is 8.33. The van der Waals surface area contributed by atoms with E-state index in [0.29, 0.717) is 12.3 Å². The lowest BCUT2D eigenvalue weighted by Gasteiger charge is -2.38. The molecule has 1 saturated heterocycles. The van der Waals surface area contributed by atoms with E-state index in [-0.39, 0.29) is 33.9 Å². The Bertz CT molecular complexity index is 480. The topological polar surface area (TPSA) is 43.4 Å². The molecule has 4 aliphatic rings. The third-order valence-corrected chi connectivity index (χ3v) is 6.54. The van der Waals surface area contributed by atoms with Crippen molar-refractivity contribution in [2.24, 2.45) is 28.1 Å². The van der Waals surface area contributed by atoms with Gasteiger partial charge in [-0.05, 0) is 36.0 Å². The summed E-state index contributed by atoms with van der Waals surface area (Å²) in [4.78, 5) is 24.4. The molecule has 0 aromatic rings. The van der Waals surface area contributed by atoms with Crippen molar-refractivity contribution in [2.45, 2.75) is 52.6 Å². The average molecular weight is 248 g/mol. The van der Waals surface area contributed by atoms with Crippen molar-refractivity contribution in [2.75, 3.05) is 0 Å². The highest BCUT2D eigenvalue weighted by Crippen LogP contribution is 2.79. The molecule has 4 rings (SSSR count). The number of esters is 1. The molecular weight excluding hydrogens is 228 g/mol. The number of ether oxygens (including phenoxy) is 1. The molecule has 3 saturated carbocycles. The fourth-order valence-corrected chi connectivity index (χ4v) is 6.53. The SMILES string of the molecule is CC1(C)C[C@]2(C)CC(=O)C3OC(=O)[C@@H]4CC[C@@H]1[C@]342. The van der Waals surface area contributed by atoms with Gasteiger partial charge >= 0.3 is 5.97 Å². The molecule has 98 valence electrons. The Morgan fingerprint density at radius 1 is 1.17 bits per heavy atom. The largest absolute Gasteiger partial charge is 0.453 e. The highest BCUT2D eigenvalue weighted by atomic mass is 16.6. The minimum atomic E-state index is -0.422. The zero-order valence-corrected chi connectivity index (χ0v) is 11.3. The maximum atomic E-state index is 12.3. The lowest BCUT2D eigenvalue weighted by molar-refractivity contribution is -0.149. The molecule has 0 amide bonds. The van der Waals surface area contributed by atoms with Crippen LogP contribution in [-0.2, 0) is 14.3 Å². The number of carbonyl (C=O) groups is 2. The Balaban J connectivity index is 1.98. The van der Waals surface area contributed by atoms with Gasteiger partial charge in [0.25, 0.3) is 0 Å². The number of carbonyl (C=O) groups excluding carboxylic acids is 2. The molecule has 1 heterocycles. The van der Waals surface area contributed by atoms with Gasteiger partial charge in [-0.2, -0.15) is 0 Å². The average Bonchev–Trinajstić information content (AvgIpc) is 2.83. The summed E-state index contributed by atoms with van der Waals surface area (Å²) in [6, 6.07) is 0. The van der Waals surface area contributed by atoms with Crippen LogP contribution in [0.2, 0.25) is 0 Å². The van der Waals surface area contributed by atoms with E-state index in [0.717, 1.165) is 19.3 Å². The second-order valence-corrected chi connectivity index (χ2v) is 7.80. The lowest BCUT2D eigenvalue weighted by atomic mass is 9.61. The molecular formula is C15H20O3. The van der Waals surface area contributed by atoms with Crippen LogP contribution in [0.15, 0.2) is 0 Å². The van der Waals surface area contributed by atoms with Gasteiger partial charge < -0.3 is 4.74 Å². The zero-order valence-electron chi connectivity index (χ0n) is 11.3. The van der Waals surface area contributed by atoms with Gasteiger partial charge in [-0.15, -0.1) is 0 Å². The third-order valence-electron chi connectivity index (χ3n) is 6.54. The Labute approximate surface area is 107 Å². The number of ketones is 1. The Morgan fingerprint density at radius 3 is 2.61 bits per heavy atom. The maximum Gasteiger partial charge on any atom is 0.310 e. The predicted molar refractivity (Wildman–Crippen MR) is 64.7 cm³/mol. The minimum Gasteiger partial charge on any atom is -0.453 e.